The fraction of sp³-hybridized carbons (Fsp3) is 0.0952. The molecule has 1 aliphatic rings. The van der Waals surface area contributed by atoms with E-state index in [1.54, 1.807) is 24.8 Å². The second-order valence-corrected chi connectivity index (χ2v) is 5.86. The lowest BCUT2D eigenvalue weighted by atomic mass is 9.98. The van der Waals surface area contributed by atoms with Crippen LogP contribution in [0.3, 0.4) is 0 Å². The van der Waals surface area contributed by atoms with Gasteiger partial charge in [-0.1, -0.05) is 36.1 Å². The van der Waals surface area contributed by atoms with Gasteiger partial charge in [0.25, 0.3) is 0 Å². The van der Waals surface area contributed by atoms with Crippen molar-refractivity contribution in [3.8, 4) is 11.8 Å². The van der Waals surface area contributed by atoms with Crippen LogP contribution in [-0.2, 0) is 4.74 Å². The fourth-order valence-corrected chi connectivity index (χ4v) is 2.84. The van der Waals surface area contributed by atoms with Crippen LogP contribution in [0.4, 0.5) is 4.79 Å². The van der Waals surface area contributed by atoms with Crippen LogP contribution in [-0.4, -0.2) is 16.1 Å². The van der Waals surface area contributed by atoms with Crippen LogP contribution in [0.5, 0.6) is 0 Å². The number of hydrogen-bond acceptors (Lipinski definition) is 4. The normalized spacial score (nSPS) is 18.4. The summed E-state index contributed by atoms with van der Waals surface area (Å²) in [5, 5.41) is 2.84. The highest BCUT2D eigenvalue weighted by atomic mass is 16.6. The molecular formula is C21H15N3O2. The molecule has 1 fully saturated rings. The van der Waals surface area contributed by atoms with Gasteiger partial charge in [0.2, 0.25) is 0 Å². The van der Waals surface area contributed by atoms with Crippen molar-refractivity contribution in [2.75, 3.05) is 0 Å². The number of ether oxygens (including phenoxy) is 1. The van der Waals surface area contributed by atoms with Gasteiger partial charge in [-0.15, -0.1) is 0 Å². The molecule has 1 N–H and O–H groups in total. The molecule has 2 aromatic heterocycles. The van der Waals surface area contributed by atoms with Gasteiger partial charge in [-0.3, -0.25) is 9.97 Å². The topological polar surface area (TPSA) is 64.1 Å². The van der Waals surface area contributed by atoms with Crippen molar-refractivity contribution in [3.05, 3.63) is 95.6 Å². The Balaban J connectivity index is 1.63. The first-order valence-electron chi connectivity index (χ1n) is 8.19. The van der Waals surface area contributed by atoms with E-state index in [0.29, 0.717) is 0 Å². The first-order valence-corrected chi connectivity index (χ1v) is 8.19. The molecule has 5 nitrogen and oxygen atoms in total. The minimum absolute atomic E-state index is 0.335. The third-order valence-corrected chi connectivity index (χ3v) is 4.07. The summed E-state index contributed by atoms with van der Waals surface area (Å²) in [6.07, 6.45) is 5.90. The van der Waals surface area contributed by atoms with Crippen LogP contribution in [0.1, 0.15) is 34.4 Å². The minimum atomic E-state index is -0.454. The van der Waals surface area contributed by atoms with Gasteiger partial charge in [0.1, 0.15) is 6.04 Å². The smallest absolute Gasteiger partial charge is 0.408 e. The van der Waals surface area contributed by atoms with E-state index in [-0.39, 0.29) is 6.04 Å². The van der Waals surface area contributed by atoms with Crippen molar-refractivity contribution in [1.82, 2.24) is 15.3 Å². The molecule has 3 aromatic rings. The predicted octanol–water partition coefficient (Wildman–Crippen LogP) is 3.40. The Morgan fingerprint density at radius 2 is 1.69 bits per heavy atom. The number of amides is 1. The Morgan fingerprint density at radius 3 is 2.50 bits per heavy atom. The van der Waals surface area contributed by atoms with Gasteiger partial charge in [-0.05, 0) is 29.8 Å². The minimum Gasteiger partial charge on any atom is -0.439 e. The molecule has 1 aliphatic heterocycles. The SMILES string of the molecule is O=C1N[C@@H](c2cncc(C#Cc3ccccc3)c2)[C@H](c2cccnc2)O1. The molecule has 0 radical (unpaired) electrons. The van der Waals surface area contributed by atoms with Gasteiger partial charge in [-0.25, -0.2) is 4.79 Å². The summed E-state index contributed by atoms with van der Waals surface area (Å²) >= 11 is 0. The zero-order chi connectivity index (χ0) is 17.8. The summed E-state index contributed by atoms with van der Waals surface area (Å²) in [4.78, 5) is 20.2. The van der Waals surface area contributed by atoms with E-state index in [1.165, 1.54) is 0 Å². The molecule has 0 saturated carbocycles. The van der Waals surface area contributed by atoms with Crippen molar-refractivity contribution in [1.29, 1.82) is 0 Å². The van der Waals surface area contributed by atoms with Crippen molar-refractivity contribution < 1.29 is 9.53 Å². The molecule has 2 atom stereocenters. The average Bonchev–Trinajstić information content (AvgIpc) is 3.10. The van der Waals surface area contributed by atoms with E-state index < -0.39 is 12.2 Å². The van der Waals surface area contributed by atoms with Gasteiger partial charge in [0.05, 0.1) is 0 Å². The maximum Gasteiger partial charge on any atom is 0.408 e. The van der Waals surface area contributed by atoms with Crippen LogP contribution < -0.4 is 5.32 Å². The molecule has 1 aromatic carbocycles. The Labute approximate surface area is 151 Å². The van der Waals surface area contributed by atoms with Crippen LogP contribution in [0.25, 0.3) is 0 Å². The summed E-state index contributed by atoms with van der Waals surface area (Å²) in [6.45, 7) is 0. The lowest BCUT2D eigenvalue weighted by Gasteiger charge is -2.17. The molecule has 3 heterocycles. The van der Waals surface area contributed by atoms with Gasteiger partial charge < -0.3 is 10.1 Å². The number of cyclic esters (lactones) is 1. The maximum atomic E-state index is 11.8. The zero-order valence-corrected chi connectivity index (χ0v) is 13.8. The van der Waals surface area contributed by atoms with Gasteiger partial charge in [-0.2, -0.15) is 0 Å². The number of aromatic nitrogens is 2. The fourth-order valence-electron chi connectivity index (χ4n) is 2.84. The second-order valence-electron chi connectivity index (χ2n) is 5.86. The molecule has 126 valence electrons. The van der Waals surface area contributed by atoms with Crippen molar-refractivity contribution in [2.24, 2.45) is 0 Å². The number of carbonyl (C=O) groups excluding carboxylic acids is 1. The lowest BCUT2D eigenvalue weighted by Crippen LogP contribution is -2.19. The Kier molecular flexibility index (Phi) is 4.31. The number of carbonyl (C=O) groups is 1. The molecular weight excluding hydrogens is 326 g/mol. The number of nitrogens with zero attached hydrogens (tertiary/aromatic N) is 2. The van der Waals surface area contributed by atoms with E-state index in [1.807, 2.05) is 48.5 Å². The summed E-state index contributed by atoms with van der Waals surface area (Å²) in [5.74, 6) is 6.22. The largest absolute Gasteiger partial charge is 0.439 e. The van der Waals surface area contributed by atoms with Crippen LogP contribution in [0.15, 0.2) is 73.3 Å². The third-order valence-electron chi connectivity index (χ3n) is 4.07. The van der Waals surface area contributed by atoms with Crippen LogP contribution >= 0.6 is 0 Å². The number of benzene rings is 1. The van der Waals surface area contributed by atoms with Crippen molar-refractivity contribution >= 4 is 6.09 Å². The summed E-state index contributed by atoms with van der Waals surface area (Å²) in [7, 11) is 0. The molecule has 26 heavy (non-hydrogen) atoms. The average molecular weight is 341 g/mol. The van der Waals surface area contributed by atoms with E-state index in [4.69, 9.17) is 4.74 Å². The lowest BCUT2D eigenvalue weighted by molar-refractivity contribution is 0.132. The quantitative estimate of drug-likeness (QED) is 0.726. The third kappa shape index (κ3) is 3.40. The monoisotopic (exact) mass is 341 g/mol. The molecule has 4 rings (SSSR count). The number of hydrogen-bond donors (Lipinski definition) is 1. The van der Waals surface area contributed by atoms with E-state index >= 15 is 0 Å². The van der Waals surface area contributed by atoms with E-state index in [9.17, 15) is 4.79 Å². The number of pyridine rings is 2. The molecule has 0 bridgehead atoms. The highest BCUT2D eigenvalue weighted by Gasteiger charge is 2.36. The summed E-state index contributed by atoms with van der Waals surface area (Å²) in [6, 6.07) is 15.0. The summed E-state index contributed by atoms with van der Waals surface area (Å²) < 4.78 is 5.43. The Hall–Kier alpha value is -3.65. The summed E-state index contributed by atoms with van der Waals surface area (Å²) in [5.41, 5.74) is 3.38. The van der Waals surface area contributed by atoms with Gasteiger partial charge in [0, 0.05) is 41.5 Å². The van der Waals surface area contributed by atoms with Crippen LogP contribution in [0.2, 0.25) is 0 Å². The maximum absolute atomic E-state index is 11.8. The molecule has 1 amide bonds. The second kappa shape index (κ2) is 7.08. The molecule has 0 aliphatic carbocycles. The Morgan fingerprint density at radius 1 is 0.885 bits per heavy atom. The molecule has 0 spiro atoms. The van der Waals surface area contributed by atoms with Gasteiger partial charge in [0.15, 0.2) is 6.10 Å². The zero-order valence-electron chi connectivity index (χ0n) is 13.8. The molecule has 5 heteroatoms. The van der Waals surface area contributed by atoms with Crippen molar-refractivity contribution in [2.45, 2.75) is 12.1 Å². The number of nitrogens with one attached hydrogen (secondary N) is 1. The first kappa shape index (κ1) is 15.9. The molecule has 1 saturated heterocycles. The van der Waals surface area contributed by atoms with E-state index in [0.717, 1.165) is 22.3 Å². The predicted molar refractivity (Wildman–Crippen MR) is 96.0 cm³/mol. The number of alkyl carbamates (subject to hydrolysis) is 1. The Bertz CT molecular complexity index is 978. The van der Waals surface area contributed by atoms with Crippen LogP contribution in [0, 0.1) is 11.8 Å². The molecule has 0 unspecified atom stereocenters. The van der Waals surface area contributed by atoms with Gasteiger partial charge >= 0.3 is 6.09 Å². The highest BCUT2D eigenvalue weighted by molar-refractivity contribution is 5.71. The highest BCUT2D eigenvalue weighted by Crippen LogP contribution is 2.36. The number of rotatable bonds is 2. The van der Waals surface area contributed by atoms with E-state index in [2.05, 4.69) is 27.1 Å². The van der Waals surface area contributed by atoms with Crippen molar-refractivity contribution in [3.63, 3.8) is 0 Å². The standard InChI is InChI=1S/C21H15N3O2/c25-21-24-19(20(26-21)17-7-4-10-22-13-17)18-11-16(12-23-14-18)9-8-15-5-2-1-3-6-15/h1-7,10-14,19-20H,(H,24,25)/t19-,20-/m0/s1. The first-order chi connectivity index (χ1) is 12.8.